The second kappa shape index (κ2) is 6.94. The second-order valence-corrected chi connectivity index (χ2v) is 4.01. The van der Waals surface area contributed by atoms with Crippen molar-refractivity contribution in [3.05, 3.63) is 60.7 Å². The Labute approximate surface area is 117 Å². The van der Waals surface area contributed by atoms with E-state index in [1.54, 1.807) is 7.05 Å². The van der Waals surface area contributed by atoms with E-state index in [0.29, 0.717) is 0 Å². The Kier molecular flexibility index (Phi) is 4.72. The van der Waals surface area contributed by atoms with E-state index < -0.39 is 0 Å². The molecular weight excluding hydrogens is 252 g/mol. The van der Waals surface area contributed by atoms with Gasteiger partial charge in [-0.1, -0.05) is 36.4 Å². The van der Waals surface area contributed by atoms with Gasteiger partial charge in [-0.2, -0.15) is 0 Å². The molecule has 0 spiro atoms. The predicted molar refractivity (Wildman–Crippen MR) is 81.6 cm³/mol. The summed E-state index contributed by atoms with van der Waals surface area (Å²) in [6.07, 6.45) is 0. The number of para-hydroxylation sites is 2. The van der Waals surface area contributed by atoms with E-state index in [2.05, 4.69) is 21.2 Å². The Morgan fingerprint density at radius 3 is 2.00 bits per heavy atom. The van der Waals surface area contributed by atoms with E-state index in [-0.39, 0.29) is 11.7 Å². The van der Waals surface area contributed by atoms with Crippen LogP contribution in [0.1, 0.15) is 0 Å². The van der Waals surface area contributed by atoms with Crippen LogP contribution in [0.2, 0.25) is 0 Å². The molecule has 0 aliphatic heterocycles. The number of amides is 1. The molecule has 5 heteroatoms. The molecule has 0 fully saturated rings. The molecule has 0 bridgehead atoms. The maximum atomic E-state index is 12.0. The van der Waals surface area contributed by atoms with Crippen LogP contribution in [0.25, 0.3) is 0 Å². The fourth-order valence-corrected chi connectivity index (χ4v) is 1.58. The SMILES string of the molecule is CN=C(NNc1ccccc1)C(=O)Nc1ccccc1. The molecule has 0 heterocycles. The lowest BCUT2D eigenvalue weighted by atomic mass is 10.3. The highest BCUT2D eigenvalue weighted by molar-refractivity contribution is 6.42. The van der Waals surface area contributed by atoms with Gasteiger partial charge in [0, 0.05) is 12.7 Å². The Morgan fingerprint density at radius 2 is 1.45 bits per heavy atom. The topological polar surface area (TPSA) is 65.5 Å². The van der Waals surface area contributed by atoms with Gasteiger partial charge in [-0.15, -0.1) is 0 Å². The Balaban J connectivity index is 1.93. The minimum atomic E-state index is -0.304. The second-order valence-electron chi connectivity index (χ2n) is 4.01. The lowest BCUT2D eigenvalue weighted by Crippen LogP contribution is -2.39. The first kappa shape index (κ1) is 13.6. The van der Waals surface area contributed by atoms with Gasteiger partial charge in [0.05, 0.1) is 5.69 Å². The zero-order valence-corrected chi connectivity index (χ0v) is 11.1. The first-order valence-electron chi connectivity index (χ1n) is 6.20. The number of rotatable bonds is 3. The average Bonchev–Trinajstić information content (AvgIpc) is 2.50. The van der Waals surface area contributed by atoms with Crippen LogP contribution in [0.3, 0.4) is 0 Å². The summed E-state index contributed by atoms with van der Waals surface area (Å²) in [4.78, 5) is 16.0. The molecule has 0 aliphatic rings. The van der Waals surface area contributed by atoms with E-state index in [9.17, 15) is 4.79 Å². The van der Waals surface area contributed by atoms with Crippen LogP contribution in [0.4, 0.5) is 11.4 Å². The van der Waals surface area contributed by atoms with Crippen molar-refractivity contribution < 1.29 is 4.79 Å². The molecule has 2 aromatic rings. The molecule has 1 amide bonds. The van der Waals surface area contributed by atoms with Crippen LogP contribution in [0, 0.1) is 0 Å². The molecule has 2 rings (SSSR count). The van der Waals surface area contributed by atoms with Gasteiger partial charge in [0.25, 0.3) is 5.91 Å². The van der Waals surface area contributed by atoms with Gasteiger partial charge in [-0.3, -0.25) is 20.6 Å². The van der Waals surface area contributed by atoms with E-state index in [0.717, 1.165) is 11.4 Å². The Hall–Kier alpha value is -2.82. The van der Waals surface area contributed by atoms with Gasteiger partial charge in [0.1, 0.15) is 0 Å². The molecule has 0 aliphatic carbocycles. The third kappa shape index (κ3) is 3.84. The van der Waals surface area contributed by atoms with Gasteiger partial charge in [0.2, 0.25) is 5.84 Å². The van der Waals surface area contributed by atoms with E-state index in [1.165, 1.54) is 0 Å². The summed E-state index contributed by atoms with van der Waals surface area (Å²) in [5.41, 5.74) is 7.29. The first-order valence-corrected chi connectivity index (χ1v) is 6.20. The standard InChI is InChI=1S/C15H16N4O/c1-16-14(19-18-13-10-6-3-7-11-13)15(20)17-12-8-4-2-5-9-12/h2-11,18H,1H3,(H,16,19)(H,17,20). The fraction of sp³-hybridized carbons (Fsp3) is 0.0667. The summed E-state index contributed by atoms with van der Waals surface area (Å²) in [5.74, 6) is -0.0974. The molecule has 2 aromatic carbocycles. The largest absolute Gasteiger partial charge is 0.319 e. The molecule has 0 atom stereocenters. The van der Waals surface area contributed by atoms with Crippen LogP contribution in [0.5, 0.6) is 0 Å². The summed E-state index contributed by atoms with van der Waals surface area (Å²) < 4.78 is 0. The van der Waals surface area contributed by atoms with Crippen molar-refractivity contribution in [2.24, 2.45) is 4.99 Å². The minimum Gasteiger partial charge on any atom is -0.319 e. The number of hydrazine groups is 1. The van der Waals surface area contributed by atoms with Gasteiger partial charge >= 0.3 is 0 Å². The fourth-order valence-electron chi connectivity index (χ4n) is 1.58. The molecule has 5 nitrogen and oxygen atoms in total. The maximum absolute atomic E-state index is 12.0. The van der Waals surface area contributed by atoms with Crippen molar-refractivity contribution in [2.45, 2.75) is 0 Å². The van der Waals surface area contributed by atoms with Crippen LogP contribution in [0.15, 0.2) is 65.7 Å². The quantitative estimate of drug-likeness (QED) is 0.454. The van der Waals surface area contributed by atoms with Gasteiger partial charge < -0.3 is 5.32 Å². The average molecular weight is 268 g/mol. The number of carbonyl (C=O) groups excluding carboxylic acids is 1. The Morgan fingerprint density at radius 1 is 0.900 bits per heavy atom. The monoisotopic (exact) mass is 268 g/mol. The number of aliphatic imine (C=N–C) groups is 1. The summed E-state index contributed by atoms with van der Waals surface area (Å²) in [5, 5.41) is 2.76. The number of nitrogens with one attached hydrogen (secondary N) is 3. The summed E-state index contributed by atoms with van der Waals surface area (Å²) in [6.45, 7) is 0. The molecule has 0 saturated carbocycles. The van der Waals surface area contributed by atoms with Crippen LogP contribution in [-0.4, -0.2) is 18.8 Å². The lowest BCUT2D eigenvalue weighted by Gasteiger charge is -2.11. The lowest BCUT2D eigenvalue weighted by molar-refractivity contribution is -0.110. The number of hydrogen-bond donors (Lipinski definition) is 3. The van der Waals surface area contributed by atoms with Crippen molar-refractivity contribution in [2.75, 3.05) is 17.8 Å². The third-order valence-electron chi connectivity index (χ3n) is 2.57. The molecule has 3 N–H and O–H groups in total. The summed E-state index contributed by atoms with van der Waals surface area (Å²) in [7, 11) is 1.56. The zero-order valence-electron chi connectivity index (χ0n) is 11.1. The highest BCUT2D eigenvalue weighted by Crippen LogP contribution is 2.05. The molecule has 20 heavy (non-hydrogen) atoms. The number of nitrogens with zero attached hydrogens (tertiary/aromatic N) is 1. The molecule has 0 saturated heterocycles. The van der Waals surface area contributed by atoms with Crippen molar-refractivity contribution in [1.29, 1.82) is 0 Å². The summed E-state index contributed by atoms with van der Waals surface area (Å²) >= 11 is 0. The van der Waals surface area contributed by atoms with E-state index >= 15 is 0 Å². The van der Waals surface area contributed by atoms with Gasteiger partial charge in [-0.25, -0.2) is 0 Å². The van der Waals surface area contributed by atoms with Crippen molar-refractivity contribution in [3.8, 4) is 0 Å². The smallest absolute Gasteiger partial charge is 0.292 e. The Bertz CT molecular complexity index is 581. The number of carbonyl (C=O) groups is 1. The zero-order chi connectivity index (χ0) is 14.2. The van der Waals surface area contributed by atoms with Gasteiger partial charge in [0.15, 0.2) is 0 Å². The van der Waals surface area contributed by atoms with E-state index in [1.807, 2.05) is 60.7 Å². The van der Waals surface area contributed by atoms with E-state index in [4.69, 9.17) is 0 Å². The molecule has 0 aromatic heterocycles. The highest BCUT2D eigenvalue weighted by Gasteiger charge is 2.10. The third-order valence-corrected chi connectivity index (χ3v) is 2.57. The van der Waals surface area contributed by atoms with Crippen molar-refractivity contribution in [1.82, 2.24) is 5.43 Å². The molecular formula is C15H16N4O. The maximum Gasteiger partial charge on any atom is 0.292 e. The number of amidine groups is 1. The van der Waals surface area contributed by atoms with Gasteiger partial charge in [-0.05, 0) is 24.3 Å². The molecule has 102 valence electrons. The molecule has 0 radical (unpaired) electrons. The van der Waals surface area contributed by atoms with Crippen molar-refractivity contribution >= 4 is 23.1 Å². The van der Waals surface area contributed by atoms with Crippen LogP contribution >= 0.6 is 0 Å². The number of benzene rings is 2. The van der Waals surface area contributed by atoms with Crippen LogP contribution in [-0.2, 0) is 4.79 Å². The summed E-state index contributed by atoms with van der Waals surface area (Å²) in [6, 6.07) is 18.7. The van der Waals surface area contributed by atoms with Crippen molar-refractivity contribution in [3.63, 3.8) is 0 Å². The number of anilines is 2. The highest BCUT2D eigenvalue weighted by atomic mass is 16.2. The minimum absolute atomic E-state index is 0.206. The molecule has 0 unspecified atom stereocenters. The van der Waals surface area contributed by atoms with Crippen LogP contribution < -0.4 is 16.2 Å². The number of hydrogen-bond acceptors (Lipinski definition) is 3. The normalized spacial score (nSPS) is 10.8. The predicted octanol–water partition coefficient (Wildman–Crippen LogP) is 2.27. The first-order chi connectivity index (χ1) is 9.79.